The summed E-state index contributed by atoms with van der Waals surface area (Å²) in [4.78, 5) is 49.4. The topological polar surface area (TPSA) is 105 Å². The molecule has 2 aliphatic heterocycles. The van der Waals surface area contributed by atoms with E-state index in [4.69, 9.17) is 4.74 Å². The molecule has 2 N–H and O–H groups in total. The Morgan fingerprint density at radius 3 is 2.29 bits per heavy atom. The average molecular weight is 489 g/mol. The first kappa shape index (κ1) is 24.4. The monoisotopic (exact) mass is 489 g/mol. The molecule has 2 aromatic carbocycles. The van der Waals surface area contributed by atoms with Gasteiger partial charge in [0.2, 0.25) is 11.8 Å². The van der Waals surface area contributed by atoms with Gasteiger partial charge in [0.15, 0.2) is 0 Å². The summed E-state index contributed by atoms with van der Waals surface area (Å²) in [7, 11) is 0. The van der Waals surface area contributed by atoms with Crippen molar-refractivity contribution in [2.75, 3.05) is 17.2 Å². The molecule has 4 rings (SSSR count). The van der Waals surface area contributed by atoms with Crippen LogP contribution < -0.4 is 10.6 Å². The predicted octanol–water partition coefficient (Wildman–Crippen LogP) is 3.72. The van der Waals surface area contributed by atoms with Gasteiger partial charge in [0, 0.05) is 30.7 Å². The summed E-state index contributed by atoms with van der Waals surface area (Å²) < 4.78 is 46.3. The van der Waals surface area contributed by atoms with Crippen molar-refractivity contribution < 1.29 is 37.1 Å². The van der Waals surface area contributed by atoms with E-state index >= 15 is 0 Å². The number of imide groups is 1. The molecule has 0 bridgehead atoms. The highest BCUT2D eigenvalue weighted by molar-refractivity contribution is 6.05. The predicted molar refractivity (Wildman–Crippen MR) is 118 cm³/mol. The fourth-order valence-corrected chi connectivity index (χ4v) is 3.91. The molecule has 11 heteroatoms. The van der Waals surface area contributed by atoms with Crippen LogP contribution in [0.3, 0.4) is 0 Å². The highest BCUT2D eigenvalue weighted by atomic mass is 19.4. The SMILES string of the molecule is O=C(Nc1ccc(NC(=O)[C@@H]2CCCO2)cc1C(F)(F)F)c1ccc(CN2C(=O)CCC2=O)cc1. The Balaban J connectivity index is 1.46. The molecule has 0 unspecified atom stereocenters. The van der Waals surface area contributed by atoms with Gasteiger partial charge in [-0.25, -0.2) is 0 Å². The number of anilines is 2. The maximum atomic E-state index is 13.7. The van der Waals surface area contributed by atoms with Gasteiger partial charge in [-0.05, 0) is 48.7 Å². The van der Waals surface area contributed by atoms with Crippen LogP contribution in [0.25, 0.3) is 0 Å². The smallest absolute Gasteiger partial charge is 0.368 e. The molecule has 4 amide bonds. The normalized spacial score (nSPS) is 18.1. The van der Waals surface area contributed by atoms with E-state index in [1.54, 1.807) is 0 Å². The lowest BCUT2D eigenvalue weighted by Gasteiger charge is -2.17. The van der Waals surface area contributed by atoms with Crippen LogP contribution >= 0.6 is 0 Å². The van der Waals surface area contributed by atoms with Crippen molar-refractivity contribution in [1.82, 2.24) is 4.90 Å². The molecule has 0 aliphatic carbocycles. The van der Waals surface area contributed by atoms with Crippen LogP contribution in [0.2, 0.25) is 0 Å². The molecule has 1 atom stereocenters. The number of carbonyl (C=O) groups excluding carboxylic acids is 4. The second kappa shape index (κ2) is 9.87. The van der Waals surface area contributed by atoms with Gasteiger partial charge in [-0.3, -0.25) is 24.1 Å². The Morgan fingerprint density at radius 1 is 1.00 bits per heavy atom. The number of ether oxygens (including phenoxy) is 1. The van der Waals surface area contributed by atoms with Crippen molar-refractivity contribution >= 4 is 35.0 Å². The van der Waals surface area contributed by atoms with Crippen molar-refractivity contribution in [3.8, 4) is 0 Å². The summed E-state index contributed by atoms with van der Waals surface area (Å²) in [6.07, 6.45) is -3.96. The van der Waals surface area contributed by atoms with E-state index in [9.17, 15) is 32.3 Å². The molecular formula is C24H22F3N3O5. The number of carbonyl (C=O) groups is 4. The number of benzene rings is 2. The van der Waals surface area contributed by atoms with Crippen molar-refractivity contribution in [3.05, 3.63) is 59.2 Å². The fraction of sp³-hybridized carbons (Fsp3) is 0.333. The number of nitrogens with one attached hydrogen (secondary N) is 2. The van der Waals surface area contributed by atoms with Crippen molar-refractivity contribution in [3.63, 3.8) is 0 Å². The number of rotatable bonds is 6. The van der Waals surface area contributed by atoms with Crippen LogP contribution in [0, 0.1) is 0 Å². The van der Waals surface area contributed by atoms with Gasteiger partial charge in [-0.1, -0.05) is 12.1 Å². The highest BCUT2D eigenvalue weighted by Gasteiger charge is 2.35. The number of halogens is 3. The molecule has 0 aromatic heterocycles. The summed E-state index contributed by atoms with van der Waals surface area (Å²) in [6.45, 7) is 0.489. The minimum atomic E-state index is -4.79. The van der Waals surface area contributed by atoms with Crippen molar-refractivity contribution in [2.45, 2.75) is 44.5 Å². The van der Waals surface area contributed by atoms with Gasteiger partial charge >= 0.3 is 6.18 Å². The van der Waals surface area contributed by atoms with E-state index in [2.05, 4.69) is 10.6 Å². The highest BCUT2D eigenvalue weighted by Crippen LogP contribution is 2.37. The number of alkyl halides is 3. The second-order valence-electron chi connectivity index (χ2n) is 8.27. The minimum absolute atomic E-state index is 0.0637. The molecule has 2 saturated heterocycles. The van der Waals surface area contributed by atoms with Crippen LogP contribution in [0.15, 0.2) is 42.5 Å². The lowest BCUT2D eigenvalue weighted by Crippen LogP contribution is -2.28. The van der Waals surface area contributed by atoms with Gasteiger partial charge in [0.25, 0.3) is 11.8 Å². The van der Waals surface area contributed by atoms with Crippen molar-refractivity contribution in [2.24, 2.45) is 0 Å². The lowest BCUT2D eigenvalue weighted by atomic mass is 10.1. The van der Waals surface area contributed by atoms with Gasteiger partial charge in [0.1, 0.15) is 6.10 Å². The molecule has 184 valence electrons. The van der Waals surface area contributed by atoms with E-state index in [-0.39, 0.29) is 42.5 Å². The Hall–Kier alpha value is -3.73. The van der Waals surface area contributed by atoms with Crippen LogP contribution in [0.1, 0.15) is 47.2 Å². The van der Waals surface area contributed by atoms with Crippen LogP contribution in [-0.4, -0.2) is 41.2 Å². The summed E-state index contributed by atoms with van der Waals surface area (Å²) in [5.41, 5.74) is -0.941. The first-order valence-corrected chi connectivity index (χ1v) is 11.0. The van der Waals surface area contributed by atoms with Crippen LogP contribution in [-0.2, 0) is 31.8 Å². The number of likely N-dealkylation sites (tertiary alicyclic amines) is 1. The molecule has 0 radical (unpaired) electrons. The maximum absolute atomic E-state index is 13.7. The number of hydrogen-bond acceptors (Lipinski definition) is 5. The van der Waals surface area contributed by atoms with E-state index in [0.717, 1.165) is 17.0 Å². The van der Waals surface area contributed by atoms with E-state index in [0.29, 0.717) is 25.0 Å². The Bertz CT molecular complexity index is 1140. The van der Waals surface area contributed by atoms with Crippen molar-refractivity contribution in [1.29, 1.82) is 0 Å². The number of hydrogen-bond donors (Lipinski definition) is 2. The Labute approximate surface area is 198 Å². The van der Waals surface area contributed by atoms with E-state index < -0.39 is 35.3 Å². The average Bonchev–Trinajstić information content (AvgIpc) is 3.46. The molecule has 2 aliphatic rings. The minimum Gasteiger partial charge on any atom is -0.368 e. The summed E-state index contributed by atoms with van der Waals surface area (Å²) in [5.74, 6) is -1.84. The zero-order valence-electron chi connectivity index (χ0n) is 18.5. The van der Waals surface area contributed by atoms with Gasteiger partial charge in [-0.15, -0.1) is 0 Å². The van der Waals surface area contributed by atoms with Gasteiger partial charge < -0.3 is 15.4 Å². The van der Waals surface area contributed by atoms with Gasteiger partial charge in [0.05, 0.1) is 17.8 Å². The number of amides is 4. The summed E-state index contributed by atoms with van der Waals surface area (Å²) in [5, 5.41) is 4.68. The van der Waals surface area contributed by atoms with E-state index in [1.807, 2.05) is 0 Å². The zero-order valence-corrected chi connectivity index (χ0v) is 18.5. The first-order chi connectivity index (χ1) is 16.6. The molecule has 0 spiro atoms. The van der Waals surface area contributed by atoms with Crippen LogP contribution in [0.4, 0.5) is 24.5 Å². The summed E-state index contributed by atoms with van der Waals surface area (Å²) in [6, 6.07) is 8.97. The molecule has 0 saturated carbocycles. The van der Waals surface area contributed by atoms with E-state index in [1.165, 1.54) is 30.3 Å². The largest absolute Gasteiger partial charge is 0.418 e. The second-order valence-corrected chi connectivity index (χ2v) is 8.27. The molecule has 35 heavy (non-hydrogen) atoms. The molecule has 2 aromatic rings. The Kier molecular flexibility index (Phi) is 6.88. The number of nitrogens with zero attached hydrogens (tertiary/aromatic N) is 1. The third-order valence-electron chi connectivity index (χ3n) is 5.77. The quantitative estimate of drug-likeness (QED) is 0.602. The van der Waals surface area contributed by atoms with Crippen LogP contribution in [0.5, 0.6) is 0 Å². The summed E-state index contributed by atoms with van der Waals surface area (Å²) >= 11 is 0. The van der Waals surface area contributed by atoms with Gasteiger partial charge in [-0.2, -0.15) is 13.2 Å². The Morgan fingerprint density at radius 2 is 1.69 bits per heavy atom. The lowest BCUT2D eigenvalue weighted by molar-refractivity contribution is -0.139. The standard InChI is InChI=1S/C24H22F3N3O5/c25-24(26,27)17-12-16(28-23(34)19-2-1-11-35-19)7-8-18(17)29-22(33)15-5-3-14(4-6-15)13-30-20(31)9-10-21(30)32/h3-8,12,19H,1-2,9-11,13H2,(H,28,34)(H,29,33)/t19-/m0/s1. The third-order valence-corrected chi connectivity index (χ3v) is 5.77. The zero-order chi connectivity index (χ0) is 25.2. The third kappa shape index (κ3) is 5.68. The molecule has 8 nitrogen and oxygen atoms in total. The maximum Gasteiger partial charge on any atom is 0.418 e. The molecular weight excluding hydrogens is 467 g/mol. The first-order valence-electron chi connectivity index (χ1n) is 11.0. The fourth-order valence-electron chi connectivity index (χ4n) is 3.91. The molecule has 2 heterocycles. The molecule has 2 fully saturated rings.